The van der Waals surface area contributed by atoms with Crippen molar-refractivity contribution >= 4 is 36.7 Å². The van der Waals surface area contributed by atoms with Crippen LogP contribution in [0.15, 0.2) is 35.2 Å². The quantitative estimate of drug-likeness (QED) is 0.323. The number of primary sulfonamides is 1. The number of benzene rings is 2. The van der Waals surface area contributed by atoms with Crippen LogP contribution in [-0.4, -0.2) is 47.1 Å². The van der Waals surface area contributed by atoms with E-state index in [-0.39, 0.29) is 10.7 Å². The number of aromatic amines is 1. The van der Waals surface area contributed by atoms with Gasteiger partial charge in [-0.2, -0.15) is 5.21 Å². The molecule has 1 aliphatic heterocycles. The Kier molecular flexibility index (Phi) is 5.83. The lowest BCUT2D eigenvalue weighted by Gasteiger charge is -2.23. The maximum Gasteiger partial charge on any atom is 0.239 e. The Hall–Kier alpha value is -2.93. The Morgan fingerprint density at radius 1 is 1.12 bits per heavy atom. The summed E-state index contributed by atoms with van der Waals surface area (Å²) < 4.78 is 26.7. The molecule has 0 atom stereocenters. The molecule has 0 bridgehead atoms. The molecule has 6 N–H and O–H groups in total. The number of tetrazole rings is 1. The van der Waals surface area contributed by atoms with Crippen LogP contribution in [0.3, 0.4) is 0 Å². The van der Waals surface area contributed by atoms with Crippen molar-refractivity contribution in [3.05, 3.63) is 35.9 Å². The van der Waals surface area contributed by atoms with Gasteiger partial charge in [0.15, 0.2) is 5.13 Å². The highest BCUT2D eigenvalue weighted by atomic mass is 32.2. The molecule has 3 heterocycles. The van der Waals surface area contributed by atoms with Crippen LogP contribution < -0.4 is 16.2 Å². The molecule has 33 heavy (non-hydrogen) atoms. The Morgan fingerprint density at radius 3 is 2.67 bits per heavy atom. The minimum absolute atomic E-state index is 0.0375. The molecule has 0 saturated carbocycles. The molecule has 1 fully saturated rings. The number of nitrogens with two attached hydrogens (primary N) is 2. The minimum atomic E-state index is -4.10. The summed E-state index contributed by atoms with van der Waals surface area (Å²) in [6, 6.07) is 9.42. The number of aryl methyl sites for hydroxylation is 1. The Morgan fingerprint density at radius 2 is 1.94 bits per heavy atom. The van der Waals surface area contributed by atoms with E-state index in [4.69, 9.17) is 10.9 Å². The van der Waals surface area contributed by atoms with Crippen LogP contribution in [0.25, 0.3) is 32.7 Å². The van der Waals surface area contributed by atoms with Crippen LogP contribution in [0, 0.1) is 5.92 Å². The first kappa shape index (κ1) is 21.9. The molecular formula is C21H24N8O2S2. The molecule has 1 saturated heterocycles. The molecule has 172 valence electrons. The number of para-hydroxylation sites is 1. The molecule has 12 heteroatoms. The number of nitrogen functional groups attached to an aromatic ring is 1. The van der Waals surface area contributed by atoms with E-state index >= 15 is 0 Å². The molecule has 2 aromatic heterocycles. The third kappa shape index (κ3) is 4.34. The van der Waals surface area contributed by atoms with E-state index < -0.39 is 10.0 Å². The van der Waals surface area contributed by atoms with Crippen LogP contribution in [0.4, 0.5) is 5.13 Å². The Balaban J connectivity index is 1.70. The topological polar surface area (TPSA) is 166 Å². The van der Waals surface area contributed by atoms with Gasteiger partial charge in [-0.15, -0.1) is 10.2 Å². The van der Waals surface area contributed by atoms with Gasteiger partial charge >= 0.3 is 0 Å². The highest BCUT2D eigenvalue weighted by Crippen LogP contribution is 2.41. The van der Waals surface area contributed by atoms with Crippen molar-refractivity contribution in [3.63, 3.8) is 0 Å². The van der Waals surface area contributed by atoms with Gasteiger partial charge in [-0.1, -0.05) is 35.6 Å². The molecule has 10 nitrogen and oxygen atoms in total. The van der Waals surface area contributed by atoms with Crippen LogP contribution in [0.1, 0.15) is 24.8 Å². The number of H-pyrrole nitrogens is 1. The summed E-state index contributed by atoms with van der Waals surface area (Å²) in [6.45, 7) is 1.97. The van der Waals surface area contributed by atoms with Gasteiger partial charge in [0.05, 0.1) is 20.7 Å². The predicted molar refractivity (Wildman–Crippen MR) is 128 cm³/mol. The lowest BCUT2D eigenvalue weighted by molar-refractivity contribution is 0.354. The van der Waals surface area contributed by atoms with Gasteiger partial charge in [-0.3, -0.25) is 0 Å². The number of aromatic nitrogens is 5. The van der Waals surface area contributed by atoms with Crippen LogP contribution >= 0.6 is 11.3 Å². The number of fused-ring (bicyclic) bond motifs is 1. The zero-order chi connectivity index (χ0) is 23.0. The van der Waals surface area contributed by atoms with Crippen molar-refractivity contribution in [2.24, 2.45) is 11.1 Å². The van der Waals surface area contributed by atoms with Crippen LogP contribution in [-0.2, 0) is 16.4 Å². The lowest BCUT2D eigenvalue weighted by Crippen LogP contribution is -2.28. The molecule has 2 aromatic carbocycles. The normalized spacial score (nSPS) is 15.3. The summed E-state index contributed by atoms with van der Waals surface area (Å²) >= 11 is 1.37. The number of sulfonamides is 1. The van der Waals surface area contributed by atoms with Gasteiger partial charge in [0, 0.05) is 5.56 Å². The second-order valence-corrected chi connectivity index (χ2v) is 10.8. The molecule has 1 aliphatic rings. The number of anilines is 1. The summed E-state index contributed by atoms with van der Waals surface area (Å²) in [4.78, 5) is 4.51. The number of nitrogens with zero attached hydrogens (tertiary/aromatic N) is 4. The average Bonchev–Trinajstić information content (AvgIpc) is 3.46. The summed E-state index contributed by atoms with van der Waals surface area (Å²) in [7, 11) is -4.10. The van der Waals surface area contributed by atoms with Crippen LogP contribution in [0.5, 0.6) is 0 Å². The fourth-order valence-corrected chi connectivity index (χ4v) is 6.36. The van der Waals surface area contributed by atoms with E-state index in [2.05, 4.69) is 30.9 Å². The first-order chi connectivity index (χ1) is 15.9. The van der Waals surface area contributed by atoms with Gasteiger partial charge in [0.2, 0.25) is 15.8 Å². The highest BCUT2D eigenvalue weighted by Gasteiger charge is 2.28. The number of hydrogen-bond donors (Lipinski definition) is 4. The zero-order valence-corrected chi connectivity index (χ0v) is 19.4. The summed E-state index contributed by atoms with van der Waals surface area (Å²) in [5.41, 5.74) is 8.97. The van der Waals surface area contributed by atoms with Gasteiger partial charge < -0.3 is 11.1 Å². The van der Waals surface area contributed by atoms with E-state index in [1.54, 1.807) is 0 Å². The monoisotopic (exact) mass is 484 g/mol. The third-order valence-electron chi connectivity index (χ3n) is 6.10. The first-order valence-corrected chi connectivity index (χ1v) is 13.1. The average molecular weight is 485 g/mol. The Labute approximate surface area is 194 Å². The molecule has 0 amide bonds. The van der Waals surface area contributed by atoms with E-state index in [0.717, 1.165) is 42.6 Å². The smallest absolute Gasteiger partial charge is 0.239 e. The molecule has 5 rings (SSSR count). The number of piperidine rings is 1. The molecule has 0 spiro atoms. The first-order valence-electron chi connectivity index (χ1n) is 10.7. The Bertz CT molecular complexity index is 1390. The summed E-state index contributed by atoms with van der Waals surface area (Å²) in [6.07, 6.45) is 3.63. The molecule has 0 aliphatic carbocycles. The van der Waals surface area contributed by atoms with Gasteiger partial charge in [0.25, 0.3) is 0 Å². The SMILES string of the molecule is Nc1nc2c(-c3ccc(CCC4CCNCC4)c(S(N)(=O)=O)c3-c3nn[nH]n3)cccc2s1. The lowest BCUT2D eigenvalue weighted by atomic mass is 9.89. The largest absolute Gasteiger partial charge is 0.375 e. The highest BCUT2D eigenvalue weighted by molar-refractivity contribution is 7.89. The van der Waals surface area contributed by atoms with Crippen molar-refractivity contribution < 1.29 is 8.42 Å². The van der Waals surface area contributed by atoms with Crippen LogP contribution in [0.2, 0.25) is 0 Å². The summed E-state index contributed by atoms with van der Waals surface area (Å²) in [5.74, 6) is 0.706. The maximum absolute atomic E-state index is 12.9. The van der Waals surface area contributed by atoms with Crippen molar-refractivity contribution in [1.29, 1.82) is 0 Å². The number of thiazole rings is 1. The van der Waals surface area contributed by atoms with E-state index in [1.165, 1.54) is 11.3 Å². The van der Waals surface area contributed by atoms with Crippen molar-refractivity contribution in [1.82, 2.24) is 30.9 Å². The second kappa shape index (κ2) is 8.78. The van der Waals surface area contributed by atoms with Gasteiger partial charge in [0.1, 0.15) is 0 Å². The van der Waals surface area contributed by atoms with E-state index in [0.29, 0.717) is 39.7 Å². The predicted octanol–water partition coefficient (Wildman–Crippen LogP) is 2.31. The zero-order valence-electron chi connectivity index (χ0n) is 17.8. The molecule has 0 unspecified atom stereocenters. The third-order valence-corrected chi connectivity index (χ3v) is 7.98. The number of nitrogens with one attached hydrogen (secondary N) is 2. The number of rotatable bonds is 6. The van der Waals surface area contributed by atoms with Gasteiger partial charge in [-0.25, -0.2) is 18.5 Å². The second-order valence-electron chi connectivity index (χ2n) is 8.19. The fourth-order valence-electron chi connectivity index (χ4n) is 4.57. The molecular weight excluding hydrogens is 460 g/mol. The van der Waals surface area contributed by atoms with Gasteiger partial charge in [-0.05, 0) is 67.1 Å². The van der Waals surface area contributed by atoms with Crippen molar-refractivity contribution in [2.45, 2.75) is 30.6 Å². The number of hydrogen-bond acceptors (Lipinski definition) is 9. The van der Waals surface area contributed by atoms with E-state index in [1.807, 2.05) is 30.3 Å². The standard InChI is InChI=1S/C21H24N8O2S2/c22-21-25-18-15(2-1-3-16(18)32-21)14-7-6-13(5-4-12-8-10-24-11-9-12)19(33(23,30)31)17(14)20-26-28-29-27-20/h1-3,6-7,12,24H,4-5,8-11H2,(H2,22,25)(H2,23,30,31)(H,26,27,28,29). The minimum Gasteiger partial charge on any atom is -0.375 e. The van der Waals surface area contributed by atoms with E-state index in [9.17, 15) is 8.42 Å². The fraction of sp³-hybridized carbons (Fsp3) is 0.333. The van der Waals surface area contributed by atoms with Crippen molar-refractivity contribution in [2.75, 3.05) is 18.8 Å². The van der Waals surface area contributed by atoms with Crippen molar-refractivity contribution in [3.8, 4) is 22.5 Å². The molecule has 0 radical (unpaired) electrons. The molecule has 4 aromatic rings. The summed E-state index contributed by atoms with van der Waals surface area (Å²) in [5, 5.41) is 23.9. The maximum atomic E-state index is 12.9.